The van der Waals surface area contributed by atoms with Crippen LogP contribution in [-0.2, 0) is 19.2 Å². The van der Waals surface area contributed by atoms with E-state index in [0.717, 1.165) is 19.3 Å². The first-order valence-corrected chi connectivity index (χ1v) is 10.7. The van der Waals surface area contributed by atoms with Crippen molar-refractivity contribution in [3.63, 3.8) is 0 Å². The minimum Gasteiger partial charge on any atom is -0.370 e. The predicted octanol–water partition coefficient (Wildman–Crippen LogP) is -1.01. The van der Waals surface area contributed by atoms with E-state index in [2.05, 4.69) is 20.9 Å². The van der Waals surface area contributed by atoms with Crippen LogP contribution in [0.5, 0.6) is 0 Å². The number of rotatable bonds is 11. The van der Waals surface area contributed by atoms with Gasteiger partial charge in [-0.25, -0.2) is 0 Å². The topological polar surface area (TPSA) is 195 Å². The first-order chi connectivity index (χ1) is 14.5. The number of primary amides is 1. The lowest BCUT2D eigenvalue weighted by Crippen LogP contribution is -2.63. The number of nitrogens with zero attached hydrogens (tertiary/aromatic N) is 1. The molecule has 0 spiro atoms. The Hall–Kier alpha value is -2.85. The summed E-state index contributed by atoms with van der Waals surface area (Å²) in [5.41, 5.74) is 15.0. The molecule has 0 aromatic rings. The SMILES string of the molecule is CC(=O)NC1(C(=O)NC(CCCN=C(N)N)C(=O)NC(C(N)=O)C(C)C)CCCCC1. The Balaban J connectivity index is 3.01. The van der Waals surface area contributed by atoms with Crippen molar-refractivity contribution >= 4 is 29.6 Å². The maximum absolute atomic E-state index is 13.2. The molecule has 1 aliphatic rings. The fourth-order valence-electron chi connectivity index (χ4n) is 3.79. The molecule has 2 atom stereocenters. The van der Waals surface area contributed by atoms with Gasteiger partial charge in [0.25, 0.3) is 0 Å². The standard InChI is InChI=1S/C20H37N7O4/c1-12(2)15(16(21)29)26-17(30)14(8-7-11-24-19(22)23)25-18(31)20(27-13(3)28)9-5-4-6-10-20/h12,14-15H,4-11H2,1-3H3,(H2,21,29)(H,25,31)(H,26,30)(H,27,28)(H4,22,23,24). The number of nitrogens with two attached hydrogens (primary N) is 3. The Morgan fingerprint density at radius 2 is 1.61 bits per heavy atom. The fraction of sp³-hybridized carbons (Fsp3) is 0.750. The second-order valence-electron chi connectivity index (χ2n) is 8.43. The molecule has 1 fully saturated rings. The first kappa shape index (κ1) is 26.2. The molecule has 11 nitrogen and oxygen atoms in total. The van der Waals surface area contributed by atoms with E-state index in [0.29, 0.717) is 19.3 Å². The molecule has 0 saturated heterocycles. The van der Waals surface area contributed by atoms with E-state index in [1.165, 1.54) is 6.92 Å². The molecule has 176 valence electrons. The van der Waals surface area contributed by atoms with Crippen molar-refractivity contribution in [2.45, 2.75) is 83.3 Å². The van der Waals surface area contributed by atoms with Crippen molar-refractivity contribution in [1.82, 2.24) is 16.0 Å². The van der Waals surface area contributed by atoms with Crippen LogP contribution in [-0.4, -0.2) is 53.8 Å². The van der Waals surface area contributed by atoms with Gasteiger partial charge in [0.2, 0.25) is 23.6 Å². The average molecular weight is 440 g/mol. The first-order valence-electron chi connectivity index (χ1n) is 10.7. The van der Waals surface area contributed by atoms with Crippen molar-refractivity contribution in [2.24, 2.45) is 28.1 Å². The van der Waals surface area contributed by atoms with Gasteiger partial charge in [-0.05, 0) is 31.6 Å². The Bertz CT molecular complexity index is 683. The fourth-order valence-corrected chi connectivity index (χ4v) is 3.79. The number of guanidine groups is 1. The van der Waals surface area contributed by atoms with Gasteiger partial charge < -0.3 is 33.2 Å². The van der Waals surface area contributed by atoms with Crippen LogP contribution < -0.4 is 33.2 Å². The molecule has 1 aliphatic carbocycles. The second kappa shape index (κ2) is 12.1. The van der Waals surface area contributed by atoms with E-state index in [1.807, 2.05) is 0 Å². The van der Waals surface area contributed by atoms with E-state index >= 15 is 0 Å². The highest BCUT2D eigenvalue weighted by atomic mass is 16.2. The highest BCUT2D eigenvalue weighted by molar-refractivity contribution is 5.96. The summed E-state index contributed by atoms with van der Waals surface area (Å²) in [4.78, 5) is 53.5. The van der Waals surface area contributed by atoms with Crippen molar-refractivity contribution in [2.75, 3.05) is 6.54 Å². The second-order valence-corrected chi connectivity index (χ2v) is 8.43. The number of hydrogen-bond acceptors (Lipinski definition) is 5. The predicted molar refractivity (Wildman–Crippen MR) is 117 cm³/mol. The average Bonchev–Trinajstić information content (AvgIpc) is 2.67. The Labute approximate surface area is 183 Å². The van der Waals surface area contributed by atoms with Crippen LogP contribution in [0.25, 0.3) is 0 Å². The van der Waals surface area contributed by atoms with Crippen molar-refractivity contribution in [3.05, 3.63) is 0 Å². The highest BCUT2D eigenvalue weighted by Gasteiger charge is 2.41. The molecule has 0 aromatic carbocycles. The molecular formula is C20H37N7O4. The molecule has 31 heavy (non-hydrogen) atoms. The number of aliphatic imine (C=N–C) groups is 1. The van der Waals surface area contributed by atoms with Gasteiger partial charge in [0.15, 0.2) is 5.96 Å². The Morgan fingerprint density at radius 1 is 1.00 bits per heavy atom. The number of hydrogen-bond donors (Lipinski definition) is 6. The summed E-state index contributed by atoms with van der Waals surface area (Å²) in [5, 5.41) is 8.19. The summed E-state index contributed by atoms with van der Waals surface area (Å²) < 4.78 is 0. The molecule has 9 N–H and O–H groups in total. The quantitative estimate of drug-likeness (QED) is 0.135. The number of carbonyl (C=O) groups excluding carboxylic acids is 4. The van der Waals surface area contributed by atoms with Crippen LogP contribution in [0.15, 0.2) is 4.99 Å². The van der Waals surface area contributed by atoms with Crippen LogP contribution in [0.1, 0.15) is 65.7 Å². The molecule has 0 radical (unpaired) electrons. The zero-order valence-electron chi connectivity index (χ0n) is 18.7. The van der Waals surface area contributed by atoms with Gasteiger partial charge in [0, 0.05) is 13.5 Å². The Morgan fingerprint density at radius 3 is 2.10 bits per heavy atom. The molecule has 1 rings (SSSR count). The molecule has 0 aliphatic heterocycles. The van der Waals surface area contributed by atoms with Gasteiger partial charge in [0.1, 0.15) is 17.6 Å². The maximum Gasteiger partial charge on any atom is 0.246 e. The summed E-state index contributed by atoms with van der Waals surface area (Å²) in [5.74, 6) is -2.18. The van der Waals surface area contributed by atoms with Gasteiger partial charge >= 0.3 is 0 Å². The zero-order chi connectivity index (χ0) is 23.6. The van der Waals surface area contributed by atoms with E-state index in [4.69, 9.17) is 17.2 Å². The zero-order valence-corrected chi connectivity index (χ0v) is 18.7. The van der Waals surface area contributed by atoms with E-state index < -0.39 is 35.3 Å². The molecule has 11 heteroatoms. The van der Waals surface area contributed by atoms with Crippen LogP contribution in [0, 0.1) is 5.92 Å². The van der Waals surface area contributed by atoms with E-state index in [1.54, 1.807) is 13.8 Å². The van der Waals surface area contributed by atoms with Crippen LogP contribution in [0.3, 0.4) is 0 Å². The lowest BCUT2D eigenvalue weighted by atomic mass is 9.80. The van der Waals surface area contributed by atoms with Gasteiger partial charge in [-0.2, -0.15) is 0 Å². The third-order valence-electron chi connectivity index (χ3n) is 5.40. The number of nitrogens with one attached hydrogen (secondary N) is 3. The summed E-state index contributed by atoms with van der Waals surface area (Å²) in [7, 11) is 0. The maximum atomic E-state index is 13.2. The summed E-state index contributed by atoms with van der Waals surface area (Å²) in [6.07, 6.45) is 4.23. The van der Waals surface area contributed by atoms with E-state index in [-0.39, 0.29) is 30.8 Å². The minimum atomic E-state index is -1.05. The minimum absolute atomic E-state index is 0.0644. The molecular weight excluding hydrogens is 402 g/mol. The van der Waals surface area contributed by atoms with Gasteiger partial charge in [-0.15, -0.1) is 0 Å². The smallest absolute Gasteiger partial charge is 0.246 e. The van der Waals surface area contributed by atoms with Gasteiger partial charge in [-0.3, -0.25) is 24.2 Å². The molecule has 4 amide bonds. The lowest BCUT2D eigenvalue weighted by Gasteiger charge is -2.37. The largest absolute Gasteiger partial charge is 0.370 e. The lowest BCUT2D eigenvalue weighted by molar-refractivity contribution is -0.137. The normalized spacial score (nSPS) is 17.2. The summed E-state index contributed by atoms with van der Waals surface area (Å²) in [6.45, 7) is 5.16. The summed E-state index contributed by atoms with van der Waals surface area (Å²) >= 11 is 0. The van der Waals surface area contributed by atoms with Crippen molar-refractivity contribution in [3.8, 4) is 0 Å². The molecule has 0 heterocycles. The number of amides is 4. The molecule has 1 saturated carbocycles. The molecule has 0 aromatic heterocycles. The van der Waals surface area contributed by atoms with Crippen LogP contribution in [0.2, 0.25) is 0 Å². The molecule has 0 bridgehead atoms. The van der Waals surface area contributed by atoms with Gasteiger partial charge in [-0.1, -0.05) is 33.1 Å². The molecule has 2 unspecified atom stereocenters. The van der Waals surface area contributed by atoms with E-state index in [9.17, 15) is 19.2 Å². The Kier molecular flexibility index (Phi) is 10.2. The monoisotopic (exact) mass is 439 g/mol. The van der Waals surface area contributed by atoms with Gasteiger partial charge in [0.05, 0.1) is 0 Å². The number of carbonyl (C=O) groups is 4. The van der Waals surface area contributed by atoms with Crippen LogP contribution >= 0.6 is 0 Å². The highest BCUT2D eigenvalue weighted by Crippen LogP contribution is 2.28. The van der Waals surface area contributed by atoms with Crippen LogP contribution in [0.4, 0.5) is 0 Å². The summed E-state index contributed by atoms with van der Waals surface area (Å²) in [6, 6.07) is -1.81. The van der Waals surface area contributed by atoms with Crippen molar-refractivity contribution < 1.29 is 19.2 Å². The third kappa shape index (κ3) is 8.42. The third-order valence-corrected chi connectivity index (χ3v) is 5.40. The van der Waals surface area contributed by atoms with Crippen molar-refractivity contribution in [1.29, 1.82) is 0 Å².